The van der Waals surface area contributed by atoms with Crippen molar-refractivity contribution < 1.29 is 27.5 Å². The lowest BCUT2D eigenvalue weighted by molar-refractivity contribution is -0.140. The Balaban J connectivity index is 1.74. The van der Waals surface area contributed by atoms with Crippen molar-refractivity contribution >= 4 is 43.5 Å². The van der Waals surface area contributed by atoms with Crippen LogP contribution in [0.4, 0.5) is 5.69 Å². The fourth-order valence-electron chi connectivity index (χ4n) is 4.66. The highest BCUT2D eigenvalue weighted by Gasteiger charge is 2.34. The van der Waals surface area contributed by atoms with Gasteiger partial charge in [-0.15, -0.1) is 0 Å². The number of hydrogen-bond donors (Lipinski definition) is 1. The van der Waals surface area contributed by atoms with Crippen LogP contribution in [0.5, 0.6) is 11.5 Å². The minimum absolute atomic E-state index is 0.108. The van der Waals surface area contributed by atoms with Gasteiger partial charge in [-0.25, -0.2) is 8.42 Å². The first kappa shape index (κ1) is 31.4. The van der Waals surface area contributed by atoms with E-state index in [2.05, 4.69) is 21.2 Å². The molecule has 9 nitrogen and oxygen atoms in total. The molecule has 1 heterocycles. The molecule has 0 bridgehead atoms. The molecular formula is C31H36BrN3O6S. The molecular weight excluding hydrogens is 622 g/mol. The zero-order chi connectivity index (χ0) is 30.1. The van der Waals surface area contributed by atoms with Crippen molar-refractivity contribution in [3.05, 3.63) is 88.4 Å². The second-order valence-corrected chi connectivity index (χ2v) is 13.0. The summed E-state index contributed by atoms with van der Waals surface area (Å²) < 4.78 is 39.9. The van der Waals surface area contributed by atoms with Crippen molar-refractivity contribution in [2.24, 2.45) is 0 Å². The third-order valence-electron chi connectivity index (χ3n) is 6.86. The Labute approximate surface area is 256 Å². The van der Waals surface area contributed by atoms with E-state index in [1.165, 1.54) is 11.8 Å². The maximum Gasteiger partial charge on any atom is 0.244 e. The lowest BCUT2D eigenvalue weighted by Gasteiger charge is -2.34. The number of sulfonamides is 1. The SMILES string of the molecule is CCCNC(=O)[C@H](Cc1ccccc1)N(Cc1cccc(Br)c1)C(=O)CN(c1ccc2c(c1)OCCO2)S(=O)(=O)CC. The molecule has 1 atom stereocenters. The number of rotatable bonds is 13. The van der Waals surface area contributed by atoms with Gasteiger partial charge in [0.05, 0.1) is 11.4 Å². The maximum absolute atomic E-state index is 14.2. The van der Waals surface area contributed by atoms with E-state index in [4.69, 9.17) is 9.47 Å². The van der Waals surface area contributed by atoms with Crippen molar-refractivity contribution in [2.45, 2.75) is 39.3 Å². The molecule has 2 amide bonds. The van der Waals surface area contributed by atoms with E-state index in [-0.39, 0.29) is 30.3 Å². The van der Waals surface area contributed by atoms with Gasteiger partial charge < -0.3 is 19.7 Å². The van der Waals surface area contributed by atoms with Crippen LogP contribution in [0.1, 0.15) is 31.4 Å². The zero-order valence-electron chi connectivity index (χ0n) is 23.8. The fourth-order valence-corrected chi connectivity index (χ4v) is 6.16. The van der Waals surface area contributed by atoms with Gasteiger partial charge in [0.1, 0.15) is 25.8 Å². The summed E-state index contributed by atoms with van der Waals surface area (Å²) in [7, 11) is -3.89. The Morgan fingerprint density at radius 3 is 2.33 bits per heavy atom. The molecule has 1 N–H and O–H groups in total. The Morgan fingerprint density at radius 1 is 0.929 bits per heavy atom. The van der Waals surface area contributed by atoms with Crippen LogP contribution in [0.2, 0.25) is 0 Å². The van der Waals surface area contributed by atoms with Crippen LogP contribution < -0.4 is 19.1 Å². The summed E-state index contributed by atoms with van der Waals surface area (Å²) in [6.45, 7) is 4.29. The molecule has 11 heteroatoms. The van der Waals surface area contributed by atoms with Crippen molar-refractivity contribution in [3.63, 3.8) is 0 Å². The molecule has 0 saturated carbocycles. The van der Waals surface area contributed by atoms with Crippen LogP contribution in [-0.2, 0) is 32.6 Å². The van der Waals surface area contributed by atoms with Crippen LogP contribution in [0, 0.1) is 0 Å². The van der Waals surface area contributed by atoms with Crippen molar-refractivity contribution in [2.75, 3.05) is 36.4 Å². The summed E-state index contributed by atoms with van der Waals surface area (Å²) in [5.41, 5.74) is 1.96. The van der Waals surface area contributed by atoms with E-state index in [1.807, 2.05) is 61.5 Å². The number of nitrogens with one attached hydrogen (secondary N) is 1. The van der Waals surface area contributed by atoms with E-state index >= 15 is 0 Å². The van der Waals surface area contributed by atoms with Gasteiger partial charge in [-0.3, -0.25) is 13.9 Å². The molecule has 1 aliphatic rings. The monoisotopic (exact) mass is 657 g/mol. The standard InChI is InChI=1S/C31H36BrN3O6S/c1-3-15-33-31(37)27(19-23-9-6-5-7-10-23)34(21-24-11-8-12-25(32)18-24)30(36)22-35(42(38,39)4-2)26-13-14-28-29(20-26)41-17-16-40-28/h5-14,18,20,27H,3-4,15-17,19,21-22H2,1-2H3,(H,33,37)/t27-/m0/s1. The Kier molecular flexibility index (Phi) is 10.9. The maximum atomic E-state index is 14.2. The number of halogens is 1. The molecule has 224 valence electrons. The second kappa shape index (κ2) is 14.6. The van der Waals surface area contributed by atoms with E-state index in [0.717, 1.165) is 26.3 Å². The smallest absolute Gasteiger partial charge is 0.244 e. The number of nitrogens with zero attached hydrogens (tertiary/aromatic N) is 2. The van der Waals surface area contributed by atoms with E-state index < -0.39 is 28.5 Å². The van der Waals surface area contributed by atoms with Crippen LogP contribution in [0.3, 0.4) is 0 Å². The van der Waals surface area contributed by atoms with Gasteiger partial charge in [0.2, 0.25) is 21.8 Å². The first-order valence-corrected chi connectivity index (χ1v) is 16.4. The second-order valence-electron chi connectivity index (χ2n) is 9.88. The van der Waals surface area contributed by atoms with E-state index in [9.17, 15) is 18.0 Å². The molecule has 0 fully saturated rings. The number of amides is 2. The highest BCUT2D eigenvalue weighted by Crippen LogP contribution is 2.35. The van der Waals surface area contributed by atoms with Crippen LogP contribution in [-0.4, -0.2) is 63.2 Å². The number of anilines is 1. The summed E-state index contributed by atoms with van der Waals surface area (Å²) in [6.07, 6.45) is 0.997. The topological polar surface area (TPSA) is 105 Å². The molecule has 0 radical (unpaired) electrons. The normalized spacial score (nSPS) is 13.2. The van der Waals surface area contributed by atoms with Crippen LogP contribution >= 0.6 is 15.9 Å². The summed E-state index contributed by atoms with van der Waals surface area (Å²) in [4.78, 5) is 29.3. The number of hydrogen-bond acceptors (Lipinski definition) is 6. The Hall–Kier alpha value is -3.57. The largest absolute Gasteiger partial charge is 0.486 e. The molecule has 1 aliphatic heterocycles. The van der Waals surface area contributed by atoms with Gasteiger partial charge in [0, 0.05) is 30.0 Å². The fraction of sp³-hybridized carbons (Fsp3) is 0.355. The molecule has 0 aliphatic carbocycles. The highest BCUT2D eigenvalue weighted by molar-refractivity contribution is 9.10. The Morgan fingerprint density at radius 2 is 1.64 bits per heavy atom. The highest BCUT2D eigenvalue weighted by atomic mass is 79.9. The number of ether oxygens (including phenoxy) is 2. The summed E-state index contributed by atoms with van der Waals surface area (Å²) in [5.74, 6) is -0.0979. The summed E-state index contributed by atoms with van der Waals surface area (Å²) in [6, 6.07) is 20.9. The minimum Gasteiger partial charge on any atom is -0.486 e. The van der Waals surface area contributed by atoms with Gasteiger partial charge >= 0.3 is 0 Å². The quantitative estimate of drug-likeness (QED) is 0.289. The van der Waals surface area contributed by atoms with Crippen molar-refractivity contribution in [1.82, 2.24) is 10.2 Å². The van der Waals surface area contributed by atoms with Gasteiger partial charge in [0.25, 0.3) is 0 Å². The van der Waals surface area contributed by atoms with E-state index in [0.29, 0.717) is 31.3 Å². The molecule has 0 spiro atoms. The third kappa shape index (κ3) is 8.04. The number of carbonyl (C=O) groups excluding carboxylic acids is 2. The van der Waals surface area contributed by atoms with Gasteiger partial charge in [-0.05, 0) is 48.7 Å². The molecule has 3 aromatic carbocycles. The number of benzene rings is 3. The predicted octanol–water partition coefficient (Wildman–Crippen LogP) is 4.54. The lowest BCUT2D eigenvalue weighted by atomic mass is 10.0. The first-order valence-electron chi connectivity index (χ1n) is 14.0. The zero-order valence-corrected chi connectivity index (χ0v) is 26.2. The molecule has 42 heavy (non-hydrogen) atoms. The average Bonchev–Trinajstić information content (AvgIpc) is 3.00. The minimum atomic E-state index is -3.89. The molecule has 0 unspecified atom stereocenters. The number of fused-ring (bicyclic) bond motifs is 1. The Bertz CT molecular complexity index is 1480. The molecule has 4 rings (SSSR count). The first-order chi connectivity index (χ1) is 20.2. The average molecular weight is 659 g/mol. The molecule has 0 saturated heterocycles. The molecule has 3 aromatic rings. The van der Waals surface area contributed by atoms with Crippen molar-refractivity contribution in [1.29, 1.82) is 0 Å². The summed E-state index contributed by atoms with van der Waals surface area (Å²) in [5, 5.41) is 2.94. The van der Waals surface area contributed by atoms with Crippen molar-refractivity contribution in [3.8, 4) is 11.5 Å². The third-order valence-corrected chi connectivity index (χ3v) is 9.09. The van der Waals surface area contributed by atoms with Gasteiger partial charge in [-0.2, -0.15) is 0 Å². The van der Waals surface area contributed by atoms with Gasteiger partial charge in [0.15, 0.2) is 11.5 Å². The lowest BCUT2D eigenvalue weighted by Crippen LogP contribution is -2.53. The van der Waals surface area contributed by atoms with E-state index in [1.54, 1.807) is 18.2 Å². The van der Waals surface area contributed by atoms with Gasteiger partial charge in [-0.1, -0.05) is 65.3 Å². The predicted molar refractivity (Wildman–Crippen MR) is 166 cm³/mol. The summed E-state index contributed by atoms with van der Waals surface area (Å²) >= 11 is 3.49. The van der Waals surface area contributed by atoms with Crippen LogP contribution in [0.25, 0.3) is 0 Å². The molecule has 0 aromatic heterocycles. The van der Waals surface area contributed by atoms with Crippen LogP contribution in [0.15, 0.2) is 77.3 Å². The number of carbonyl (C=O) groups is 2.